The van der Waals surface area contributed by atoms with Gasteiger partial charge in [-0.25, -0.2) is 0 Å². The van der Waals surface area contributed by atoms with Crippen molar-refractivity contribution in [3.63, 3.8) is 0 Å². The van der Waals surface area contributed by atoms with Gasteiger partial charge in [0, 0.05) is 18.3 Å². The van der Waals surface area contributed by atoms with E-state index in [2.05, 4.69) is 5.32 Å². The van der Waals surface area contributed by atoms with E-state index in [1.807, 2.05) is 66.8 Å². The number of nitrogens with two attached hydrogens (primary N) is 2. The molecule has 0 aromatic heterocycles. The van der Waals surface area contributed by atoms with E-state index in [9.17, 15) is 0 Å². The van der Waals surface area contributed by atoms with E-state index in [-0.39, 0.29) is 0 Å². The Morgan fingerprint density at radius 3 is 2.32 bits per heavy atom. The van der Waals surface area contributed by atoms with Gasteiger partial charge in [-0.15, -0.1) is 0 Å². The molecule has 4 nitrogen and oxygen atoms in total. The molecular formula is C18H18N4. The smallest absolute Gasteiger partial charge is 0.137 e. The fraction of sp³-hybridized carbons (Fsp3) is 0.0556. The number of hydrogen-bond acceptors (Lipinski definition) is 4. The molecule has 0 unspecified atom stereocenters. The largest absolute Gasteiger partial charge is 0.399 e. The Hall–Kier alpha value is -3.19. The van der Waals surface area contributed by atoms with Crippen LogP contribution in [0.4, 0.5) is 5.69 Å². The molecular weight excluding hydrogens is 272 g/mol. The number of nitrogen functional groups attached to an aromatic ring is 1. The Morgan fingerprint density at radius 1 is 1.09 bits per heavy atom. The van der Waals surface area contributed by atoms with Gasteiger partial charge in [-0.1, -0.05) is 42.5 Å². The average Bonchev–Trinajstić information content (AvgIpc) is 2.54. The topological polar surface area (TPSA) is 87.9 Å². The van der Waals surface area contributed by atoms with Crippen LogP contribution in [0.1, 0.15) is 16.7 Å². The normalized spacial score (nSPS) is 11.8. The Morgan fingerprint density at radius 2 is 1.73 bits per heavy atom. The summed E-state index contributed by atoms with van der Waals surface area (Å²) in [6.07, 6.45) is 3.97. The number of nitriles is 1. The van der Waals surface area contributed by atoms with Gasteiger partial charge in [0.2, 0.25) is 0 Å². The molecule has 0 radical (unpaired) electrons. The molecule has 0 atom stereocenters. The Balaban J connectivity index is 2.30. The molecule has 0 heterocycles. The second-order valence-corrected chi connectivity index (χ2v) is 4.78. The van der Waals surface area contributed by atoms with Gasteiger partial charge in [-0.05, 0) is 29.3 Å². The summed E-state index contributed by atoms with van der Waals surface area (Å²) in [4.78, 5) is 0. The molecule has 0 fully saturated rings. The van der Waals surface area contributed by atoms with Crippen LogP contribution >= 0.6 is 0 Å². The van der Waals surface area contributed by atoms with E-state index >= 15 is 0 Å². The Kier molecular flexibility index (Phi) is 4.84. The molecule has 2 rings (SSSR count). The summed E-state index contributed by atoms with van der Waals surface area (Å²) in [6.45, 7) is 0. The minimum atomic E-state index is 0.358. The van der Waals surface area contributed by atoms with Gasteiger partial charge in [0.1, 0.15) is 11.8 Å². The van der Waals surface area contributed by atoms with Crippen LogP contribution in [0.25, 0.3) is 17.8 Å². The van der Waals surface area contributed by atoms with Crippen LogP contribution in [0.2, 0.25) is 0 Å². The van der Waals surface area contributed by atoms with Gasteiger partial charge >= 0.3 is 0 Å². The molecule has 2 aromatic rings. The average molecular weight is 290 g/mol. The van der Waals surface area contributed by atoms with Gasteiger partial charge in [-0.3, -0.25) is 0 Å². The van der Waals surface area contributed by atoms with Gasteiger partial charge < -0.3 is 16.8 Å². The number of anilines is 1. The van der Waals surface area contributed by atoms with Crippen LogP contribution in [-0.4, -0.2) is 7.05 Å². The summed E-state index contributed by atoms with van der Waals surface area (Å²) in [7, 11) is 1.68. The number of hydrogen-bond donors (Lipinski definition) is 3. The van der Waals surface area contributed by atoms with Gasteiger partial charge in [0.15, 0.2) is 0 Å². The summed E-state index contributed by atoms with van der Waals surface area (Å²) in [6, 6.07) is 17.4. The zero-order valence-corrected chi connectivity index (χ0v) is 12.4. The second-order valence-electron chi connectivity index (χ2n) is 4.78. The third-order valence-corrected chi connectivity index (χ3v) is 3.21. The summed E-state index contributed by atoms with van der Waals surface area (Å²) in [5, 5.41) is 11.8. The second kappa shape index (κ2) is 7.00. The lowest BCUT2D eigenvalue weighted by Gasteiger charge is -2.06. The van der Waals surface area contributed by atoms with Crippen LogP contribution in [0.15, 0.2) is 54.2 Å². The molecule has 0 amide bonds. The molecule has 0 bridgehead atoms. The van der Waals surface area contributed by atoms with Crippen molar-refractivity contribution < 1.29 is 0 Å². The van der Waals surface area contributed by atoms with Gasteiger partial charge in [0.25, 0.3) is 0 Å². The highest BCUT2D eigenvalue weighted by atomic mass is 14.9. The summed E-state index contributed by atoms with van der Waals surface area (Å²) < 4.78 is 0. The minimum Gasteiger partial charge on any atom is -0.399 e. The van der Waals surface area contributed by atoms with E-state index in [0.29, 0.717) is 11.4 Å². The molecule has 110 valence electrons. The molecule has 0 aliphatic heterocycles. The highest BCUT2D eigenvalue weighted by Gasteiger charge is 2.04. The lowest BCUT2D eigenvalue weighted by Crippen LogP contribution is -2.11. The standard InChI is InChI=1S/C18H18N4/c1-22-17(12-19)18(21)15-6-2-4-13(10-15)8-9-14-5-3-7-16(20)11-14/h2-11,22H,20-21H2,1H3/b9-8+,18-17-. The predicted octanol–water partition coefficient (Wildman–Crippen LogP) is 2.81. The van der Waals surface area contributed by atoms with E-state index in [0.717, 1.165) is 22.4 Å². The van der Waals surface area contributed by atoms with Crippen molar-refractivity contribution in [3.05, 3.63) is 70.9 Å². The molecule has 0 spiro atoms. The van der Waals surface area contributed by atoms with Crippen molar-refractivity contribution in [3.8, 4) is 6.07 Å². The minimum absolute atomic E-state index is 0.358. The van der Waals surface area contributed by atoms with E-state index in [1.165, 1.54) is 0 Å². The zero-order valence-electron chi connectivity index (χ0n) is 12.4. The lowest BCUT2D eigenvalue weighted by atomic mass is 10.1. The monoisotopic (exact) mass is 290 g/mol. The maximum Gasteiger partial charge on any atom is 0.137 e. The molecule has 2 aromatic carbocycles. The predicted molar refractivity (Wildman–Crippen MR) is 92.0 cm³/mol. The molecule has 4 heteroatoms. The quantitative estimate of drug-likeness (QED) is 0.459. The van der Waals surface area contributed by atoms with Crippen molar-refractivity contribution in [2.45, 2.75) is 0 Å². The van der Waals surface area contributed by atoms with Crippen LogP contribution in [0, 0.1) is 11.3 Å². The van der Waals surface area contributed by atoms with Crippen molar-refractivity contribution in [2.24, 2.45) is 5.73 Å². The lowest BCUT2D eigenvalue weighted by molar-refractivity contribution is 1.03. The molecule has 0 saturated heterocycles. The van der Waals surface area contributed by atoms with Crippen LogP contribution in [0.5, 0.6) is 0 Å². The summed E-state index contributed by atoms with van der Waals surface area (Å²) >= 11 is 0. The molecule has 0 aliphatic rings. The molecule has 0 aliphatic carbocycles. The third-order valence-electron chi connectivity index (χ3n) is 3.21. The number of nitrogens with one attached hydrogen (secondary N) is 1. The maximum atomic E-state index is 9.03. The zero-order chi connectivity index (χ0) is 15.9. The van der Waals surface area contributed by atoms with Crippen molar-refractivity contribution in [2.75, 3.05) is 12.8 Å². The highest BCUT2D eigenvalue weighted by molar-refractivity contribution is 5.75. The number of allylic oxidation sites excluding steroid dienone is 1. The number of nitrogens with zero attached hydrogens (tertiary/aromatic N) is 1. The van der Waals surface area contributed by atoms with Gasteiger partial charge in [-0.2, -0.15) is 5.26 Å². The van der Waals surface area contributed by atoms with E-state index in [1.54, 1.807) is 7.05 Å². The first-order valence-corrected chi connectivity index (χ1v) is 6.85. The third kappa shape index (κ3) is 3.68. The Labute approximate surface area is 130 Å². The van der Waals surface area contributed by atoms with Gasteiger partial charge in [0.05, 0.1) is 5.70 Å². The fourth-order valence-corrected chi connectivity index (χ4v) is 2.06. The molecule has 0 saturated carbocycles. The number of benzene rings is 2. The van der Waals surface area contributed by atoms with E-state index < -0.39 is 0 Å². The van der Waals surface area contributed by atoms with Crippen molar-refractivity contribution in [1.29, 1.82) is 5.26 Å². The first-order chi connectivity index (χ1) is 10.6. The molecule has 5 N–H and O–H groups in total. The number of rotatable bonds is 4. The van der Waals surface area contributed by atoms with Crippen LogP contribution in [0.3, 0.4) is 0 Å². The first kappa shape index (κ1) is 15.2. The highest BCUT2D eigenvalue weighted by Crippen LogP contribution is 2.16. The maximum absolute atomic E-state index is 9.03. The van der Waals surface area contributed by atoms with Crippen molar-refractivity contribution >= 4 is 23.5 Å². The first-order valence-electron chi connectivity index (χ1n) is 6.85. The Bertz CT molecular complexity index is 767. The summed E-state index contributed by atoms with van der Waals surface area (Å²) in [5.41, 5.74) is 16.1. The van der Waals surface area contributed by atoms with E-state index in [4.69, 9.17) is 16.7 Å². The van der Waals surface area contributed by atoms with Crippen LogP contribution in [-0.2, 0) is 0 Å². The fourth-order valence-electron chi connectivity index (χ4n) is 2.06. The summed E-state index contributed by atoms with van der Waals surface area (Å²) in [5.74, 6) is 0. The SMILES string of the molecule is CN/C(C#N)=C(\N)c1cccc(/C=C/c2cccc(N)c2)c1. The molecule has 22 heavy (non-hydrogen) atoms. The van der Waals surface area contributed by atoms with Crippen molar-refractivity contribution in [1.82, 2.24) is 5.32 Å². The van der Waals surface area contributed by atoms with Crippen LogP contribution < -0.4 is 16.8 Å².